The van der Waals surface area contributed by atoms with E-state index in [1.54, 1.807) is 0 Å². The predicted molar refractivity (Wildman–Crippen MR) is 80.3 cm³/mol. The molecule has 20 heavy (non-hydrogen) atoms. The minimum Gasteiger partial charge on any atom is -0.342 e. The molecule has 1 fully saturated rings. The molecule has 1 unspecified atom stereocenters. The number of nitrogens with zero attached hydrogens (tertiary/aromatic N) is 2. The molecule has 0 aliphatic carbocycles. The van der Waals surface area contributed by atoms with E-state index in [0.717, 1.165) is 37.2 Å². The number of aryl methyl sites for hydroxylation is 1. The van der Waals surface area contributed by atoms with Gasteiger partial charge < -0.3 is 10.6 Å². The molecule has 110 valence electrons. The first-order valence-electron chi connectivity index (χ1n) is 7.61. The first-order chi connectivity index (χ1) is 9.70. The Labute approximate surface area is 121 Å². The SMILES string of the molecule is Cc1ccc(CC(CN)C(=O)N2CCCCCC2)nc1. The third kappa shape index (κ3) is 4.04. The molecule has 1 aliphatic rings. The molecule has 1 aliphatic heterocycles. The highest BCUT2D eigenvalue weighted by Gasteiger charge is 2.24. The molecule has 4 nitrogen and oxygen atoms in total. The quantitative estimate of drug-likeness (QED) is 0.913. The average molecular weight is 275 g/mol. The van der Waals surface area contributed by atoms with Crippen molar-refractivity contribution in [2.24, 2.45) is 11.7 Å². The van der Waals surface area contributed by atoms with Crippen LogP contribution >= 0.6 is 0 Å². The Morgan fingerprint density at radius 2 is 2.00 bits per heavy atom. The zero-order chi connectivity index (χ0) is 14.4. The smallest absolute Gasteiger partial charge is 0.227 e. The maximum absolute atomic E-state index is 12.6. The van der Waals surface area contributed by atoms with Crippen molar-refractivity contribution in [3.8, 4) is 0 Å². The average Bonchev–Trinajstić information content (AvgIpc) is 2.75. The molecule has 4 heteroatoms. The van der Waals surface area contributed by atoms with Gasteiger partial charge >= 0.3 is 0 Å². The van der Waals surface area contributed by atoms with Crippen molar-refractivity contribution in [3.63, 3.8) is 0 Å². The third-order valence-electron chi connectivity index (χ3n) is 3.98. The van der Waals surface area contributed by atoms with E-state index < -0.39 is 0 Å². The molecule has 1 atom stereocenters. The van der Waals surface area contributed by atoms with Crippen molar-refractivity contribution in [2.45, 2.75) is 39.0 Å². The Kier molecular flexibility index (Phi) is 5.53. The van der Waals surface area contributed by atoms with E-state index in [2.05, 4.69) is 4.98 Å². The van der Waals surface area contributed by atoms with Gasteiger partial charge in [-0.05, 0) is 31.4 Å². The fraction of sp³-hybridized carbons (Fsp3) is 0.625. The van der Waals surface area contributed by atoms with E-state index in [-0.39, 0.29) is 11.8 Å². The van der Waals surface area contributed by atoms with Gasteiger partial charge in [-0.1, -0.05) is 18.9 Å². The van der Waals surface area contributed by atoms with Crippen molar-refractivity contribution in [1.82, 2.24) is 9.88 Å². The van der Waals surface area contributed by atoms with Gasteiger partial charge in [-0.3, -0.25) is 9.78 Å². The molecule has 1 aromatic heterocycles. The molecule has 2 rings (SSSR count). The molecular weight excluding hydrogens is 250 g/mol. The van der Waals surface area contributed by atoms with Gasteiger partial charge in [0, 0.05) is 37.9 Å². The minimum absolute atomic E-state index is 0.136. The van der Waals surface area contributed by atoms with Crippen LogP contribution in [0.3, 0.4) is 0 Å². The maximum Gasteiger partial charge on any atom is 0.227 e. The molecule has 1 saturated heterocycles. The highest BCUT2D eigenvalue weighted by Crippen LogP contribution is 2.15. The van der Waals surface area contributed by atoms with Gasteiger partial charge in [0.2, 0.25) is 5.91 Å². The van der Waals surface area contributed by atoms with E-state index in [9.17, 15) is 4.79 Å². The molecule has 2 N–H and O–H groups in total. The van der Waals surface area contributed by atoms with E-state index in [4.69, 9.17) is 5.73 Å². The van der Waals surface area contributed by atoms with E-state index in [1.807, 2.05) is 30.2 Å². The van der Waals surface area contributed by atoms with Gasteiger partial charge in [0.1, 0.15) is 0 Å². The first kappa shape index (κ1) is 15.0. The molecule has 2 heterocycles. The minimum atomic E-state index is -0.136. The summed E-state index contributed by atoms with van der Waals surface area (Å²) in [6.45, 7) is 4.18. The Morgan fingerprint density at radius 3 is 2.55 bits per heavy atom. The van der Waals surface area contributed by atoms with Crippen LogP contribution in [0.25, 0.3) is 0 Å². The second-order valence-corrected chi connectivity index (χ2v) is 5.70. The number of hydrogen-bond donors (Lipinski definition) is 1. The molecule has 0 spiro atoms. The zero-order valence-corrected chi connectivity index (χ0v) is 12.3. The highest BCUT2D eigenvalue weighted by molar-refractivity contribution is 5.79. The second kappa shape index (κ2) is 7.39. The number of rotatable bonds is 4. The maximum atomic E-state index is 12.6. The predicted octanol–water partition coefficient (Wildman–Crippen LogP) is 1.91. The van der Waals surface area contributed by atoms with Crippen molar-refractivity contribution in [1.29, 1.82) is 0 Å². The van der Waals surface area contributed by atoms with Crippen LogP contribution in [0.4, 0.5) is 0 Å². The summed E-state index contributed by atoms with van der Waals surface area (Å²) in [4.78, 5) is 19.0. The lowest BCUT2D eigenvalue weighted by Gasteiger charge is -2.25. The van der Waals surface area contributed by atoms with Crippen LogP contribution in [0.2, 0.25) is 0 Å². The molecule has 0 radical (unpaired) electrons. The van der Waals surface area contributed by atoms with Crippen LogP contribution in [0, 0.1) is 12.8 Å². The summed E-state index contributed by atoms with van der Waals surface area (Å²) in [7, 11) is 0. The van der Waals surface area contributed by atoms with Gasteiger partial charge in [-0.15, -0.1) is 0 Å². The number of carbonyl (C=O) groups excluding carboxylic acids is 1. The van der Waals surface area contributed by atoms with Crippen LogP contribution in [0.1, 0.15) is 36.9 Å². The summed E-state index contributed by atoms with van der Waals surface area (Å²) in [5, 5.41) is 0. The van der Waals surface area contributed by atoms with Crippen molar-refractivity contribution >= 4 is 5.91 Å². The number of pyridine rings is 1. The normalized spacial score (nSPS) is 17.6. The van der Waals surface area contributed by atoms with E-state index in [1.165, 1.54) is 12.8 Å². The van der Waals surface area contributed by atoms with Crippen LogP contribution in [-0.2, 0) is 11.2 Å². The van der Waals surface area contributed by atoms with E-state index in [0.29, 0.717) is 13.0 Å². The summed E-state index contributed by atoms with van der Waals surface area (Å²) in [6, 6.07) is 4.03. The number of likely N-dealkylation sites (tertiary alicyclic amines) is 1. The van der Waals surface area contributed by atoms with Crippen LogP contribution < -0.4 is 5.73 Å². The Bertz CT molecular complexity index is 422. The highest BCUT2D eigenvalue weighted by atomic mass is 16.2. The third-order valence-corrected chi connectivity index (χ3v) is 3.98. The number of hydrogen-bond acceptors (Lipinski definition) is 3. The van der Waals surface area contributed by atoms with Gasteiger partial charge in [0.15, 0.2) is 0 Å². The van der Waals surface area contributed by atoms with Crippen molar-refractivity contribution in [2.75, 3.05) is 19.6 Å². The number of carbonyl (C=O) groups is 1. The summed E-state index contributed by atoms with van der Waals surface area (Å²) in [5.41, 5.74) is 7.91. The Morgan fingerprint density at radius 1 is 1.30 bits per heavy atom. The molecule has 0 bridgehead atoms. The Balaban J connectivity index is 1.99. The van der Waals surface area contributed by atoms with Gasteiger partial charge in [0.05, 0.1) is 5.92 Å². The fourth-order valence-corrected chi connectivity index (χ4v) is 2.69. The largest absolute Gasteiger partial charge is 0.342 e. The lowest BCUT2D eigenvalue weighted by molar-refractivity contribution is -0.135. The lowest BCUT2D eigenvalue weighted by Crippen LogP contribution is -2.40. The molecule has 0 aromatic carbocycles. The lowest BCUT2D eigenvalue weighted by atomic mass is 10.0. The summed E-state index contributed by atoms with van der Waals surface area (Å²) in [5.74, 6) is 0.0695. The van der Waals surface area contributed by atoms with E-state index >= 15 is 0 Å². The van der Waals surface area contributed by atoms with Crippen LogP contribution in [0.5, 0.6) is 0 Å². The van der Waals surface area contributed by atoms with Crippen molar-refractivity contribution in [3.05, 3.63) is 29.6 Å². The van der Waals surface area contributed by atoms with Crippen LogP contribution in [-0.4, -0.2) is 35.4 Å². The zero-order valence-electron chi connectivity index (χ0n) is 12.3. The number of amides is 1. The summed E-state index contributed by atoms with van der Waals surface area (Å²) < 4.78 is 0. The molecule has 0 saturated carbocycles. The molecule has 1 aromatic rings. The topological polar surface area (TPSA) is 59.2 Å². The first-order valence-corrected chi connectivity index (χ1v) is 7.61. The summed E-state index contributed by atoms with van der Waals surface area (Å²) >= 11 is 0. The van der Waals surface area contributed by atoms with Gasteiger partial charge in [-0.2, -0.15) is 0 Å². The monoisotopic (exact) mass is 275 g/mol. The van der Waals surface area contributed by atoms with Gasteiger partial charge in [-0.25, -0.2) is 0 Å². The number of nitrogens with two attached hydrogens (primary N) is 1. The molecule has 1 amide bonds. The standard InChI is InChI=1S/C16H25N3O/c1-13-6-7-15(18-12-13)10-14(11-17)16(20)19-8-4-2-3-5-9-19/h6-7,12,14H,2-5,8-11,17H2,1H3. The second-order valence-electron chi connectivity index (χ2n) is 5.70. The van der Waals surface area contributed by atoms with Crippen LogP contribution in [0.15, 0.2) is 18.3 Å². The van der Waals surface area contributed by atoms with Crippen molar-refractivity contribution < 1.29 is 4.79 Å². The molecular formula is C16H25N3O. The fourth-order valence-electron chi connectivity index (χ4n) is 2.69. The summed E-state index contributed by atoms with van der Waals surface area (Å²) in [6.07, 6.45) is 7.19. The van der Waals surface area contributed by atoms with Gasteiger partial charge in [0.25, 0.3) is 0 Å². The Hall–Kier alpha value is -1.42. The number of aromatic nitrogens is 1.